The summed E-state index contributed by atoms with van der Waals surface area (Å²) in [4.78, 5) is 0. The lowest BCUT2D eigenvalue weighted by Crippen LogP contribution is -2.50. The normalized spacial score (nSPS) is 45.3. The average molecular weight is 616 g/mol. The summed E-state index contributed by atoms with van der Waals surface area (Å²) in [5.74, 6) is 7.97. The van der Waals surface area contributed by atoms with Crippen molar-refractivity contribution < 1.29 is 5.11 Å². The second-order valence-corrected chi connectivity index (χ2v) is 18.6. The molecule has 0 aromatic carbocycles. The van der Waals surface area contributed by atoms with Gasteiger partial charge in [-0.05, 0) is 159 Å². The van der Waals surface area contributed by atoms with Gasteiger partial charge in [-0.15, -0.1) is 0 Å². The van der Waals surface area contributed by atoms with E-state index in [1.54, 1.807) is 19.3 Å². The molecule has 252 valence electrons. The number of nitrogens with one attached hydrogen (secondary N) is 1. The molecule has 6 aliphatic rings. The van der Waals surface area contributed by atoms with Crippen LogP contribution in [0.1, 0.15) is 138 Å². The van der Waals surface area contributed by atoms with E-state index >= 15 is 0 Å². The quantitative estimate of drug-likeness (QED) is 0.214. The number of aliphatic hydroxyl groups excluding tert-OH is 1. The van der Waals surface area contributed by atoms with Crippen molar-refractivity contribution in [1.82, 2.24) is 5.32 Å². The zero-order valence-corrected chi connectivity index (χ0v) is 30.2. The summed E-state index contributed by atoms with van der Waals surface area (Å²) in [5.41, 5.74) is 5.61. The number of allylic oxidation sites excluding steroid dienone is 5. The highest BCUT2D eigenvalue weighted by molar-refractivity contribution is 5.26. The van der Waals surface area contributed by atoms with Crippen LogP contribution in [0.2, 0.25) is 0 Å². The average Bonchev–Trinajstić information content (AvgIpc) is 3.50. The maximum Gasteiger partial charge on any atom is 0.0584 e. The van der Waals surface area contributed by atoms with Gasteiger partial charge in [-0.3, -0.25) is 0 Å². The van der Waals surface area contributed by atoms with E-state index in [0.717, 1.165) is 85.3 Å². The van der Waals surface area contributed by atoms with Crippen molar-refractivity contribution in [2.24, 2.45) is 69.5 Å². The first kappa shape index (κ1) is 33.6. The van der Waals surface area contributed by atoms with E-state index in [2.05, 4.69) is 78.2 Å². The molecule has 0 heterocycles. The summed E-state index contributed by atoms with van der Waals surface area (Å²) in [6, 6.07) is 0. The third-order valence-corrected chi connectivity index (χ3v) is 15.4. The molecule has 0 aromatic rings. The molecule has 0 radical (unpaired) electrons. The predicted molar refractivity (Wildman–Crippen MR) is 192 cm³/mol. The fourth-order valence-electron chi connectivity index (χ4n) is 13.1. The van der Waals surface area contributed by atoms with Crippen molar-refractivity contribution in [2.45, 2.75) is 144 Å². The van der Waals surface area contributed by atoms with Crippen LogP contribution in [-0.2, 0) is 0 Å². The first-order valence-corrected chi connectivity index (χ1v) is 19.5. The molecule has 2 nitrogen and oxygen atoms in total. The van der Waals surface area contributed by atoms with Crippen molar-refractivity contribution in [3.8, 4) is 0 Å². The Morgan fingerprint density at radius 3 is 2.56 bits per heavy atom. The molecule has 45 heavy (non-hydrogen) atoms. The molecule has 2 N–H and O–H groups in total. The van der Waals surface area contributed by atoms with E-state index in [1.807, 2.05) is 5.57 Å². The summed E-state index contributed by atoms with van der Waals surface area (Å²) < 4.78 is 0. The molecule has 0 aromatic heterocycles. The largest absolute Gasteiger partial charge is 0.393 e. The maximum atomic E-state index is 10.1. The SMILES string of the molecule is C=C(CCC(=C)NCC=CC1(C)CC(O)C1CC)CC1CCC2(C)C(=CCC3C2CCC2(C)C4CC(CC(C)C)CC4CC32)C1. The first-order valence-electron chi connectivity index (χ1n) is 19.5. The molecular weight excluding hydrogens is 546 g/mol. The van der Waals surface area contributed by atoms with E-state index in [-0.39, 0.29) is 11.5 Å². The van der Waals surface area contributed by atoms with E-state index in [1.165, 1.54) is 56.9 Å². The van der Waals surface area contributed by atoms with E-state index in [0.29, 0.717) is 16.7 Å². The van der Waals surface area contributed by atoms with Crippen molar-refractivity contribution in [2.75, 3.05) is 6.54 Å². The van der Waals surface area contributed by atoms with Crippen LogP contribution in [0.4, 0.5) is 0 Å². The van der Waals surface area contributed by atoms with E-state index in [4.69, 9.17) is 0 Å². The molecule has 5 saturated carbocycles. The van der Waals surface area contributed by atoms with Gasteiger partial charge in [-0.1, -0.05) is 90.5 Å². The van der Waals surface area contributed by atoms with Crippen molar-refractivity contribution >= 4 is 0 Å². The van der Waals surface area contributed by atoms with Crippen molar-refractivity contribution in [3.63, 3.8) is 0 Å². The van der Waals surface area contributed by atoms with Gasteiger partial charge in [0.1, 0.15) is 0 Å². The molecule has 0 bridgehead atoms. The minimum atomic E-state index is -0.124. The minimum absolute atomic E-state index is 0.124. The van der Waals surface area contributed by atoms with Gasteiger partial charge in [0.05, 0.1) is 6.10 Å². The lowest BCUT2D eigenvalue weighted by Gasteiger charge is -2.58. The van der Waals surface area contributed by atoms with E-state index in [9.17, 15) is 5.11 Å². The standard InChI is InChI=1S/C43H69NO/c1-9-36-40(45)27-41(36,6)17-10-20-44-30(5)12-11-29(4)22-31-15-18-42(7)34(24-31)13-14-35-37(42)16-19-43(8)38-25-32(21-28(2)3)23-33(38)26-39(35)43/h10,13,17,28,31-33,35-40,44-45H,4-5,9,11-12,14-16,18-27H2,1-3,6-8H3. The van der Waals surface area contributed by atoms with Gasteiger partial charge in [0.2, 0.25) is 0 Å². The van der Waals surface area contributed by atoms with Crippen molar-refractivity contribution in [1.29, 1.82) is 0 Å². The van der Waals surface area contributed by atoms with Crippen LogP contribution in [0, 0.1) is 69.5 Å². The summed E-state index contributed by atoms with van der Waals surface area (Å²) in [7, 11) is 0. The number of hydrogen-bond acceptors (Lipinski definition) is 2. The molecule has 6 rings (SSSR count). The molecule has 0 amide bonds. The maximum absolute atomic E-state index is 10.1. The zero-order chi connectivity index (χ0) is 32.1. The minimum Gasteiger partial charge on any atom is -0.393 e. The second-order valence-electron chi connectivity index (χ2n) is 18.6. The monoisotopic (exact) mass is 616 g/mol. The molecule has 0 aliphatic heterocycles. The van der Waals surface area contributed by atoms with Gasteiger partial charge in [0.15, 0.2) is 0 Å². The third kappa shape index (κ3) is 6.34. The van der Waals surface area contributed by atoms with Crippen LogP contribution in [0.3, 0.4) is 0 Å². The van der Waals surface area contributed by atoms with Crippen LogP contribution in [0.5, 0.6) is 0 Å². The highest BCUT2D eigenvalue weighted by Crippen LogP contribution is 2.70. The Hall–Kier alpha value is -1.28. The Kier molecular flexibility index (Phi) is 9.69. The Morgan fingerprint density at radius 1 is 1.02 bits per heavy atom. The van der Waals surface area contributed by atoms with Gasteiger partial charge in [-0.2, -0.15) is 0 Å². The van der Waals surface area contributed by atoms with Crippen LogP contribution in [0.25, 0.3) is 0 Å². The van der Waals surface area contributed by atoms with Gasteiger partial charge < -0.3 is 10.4 Å². The number of rotatable bonds is 12. The van der Waals surface area contributed by atoms with E-state index < -0.39 is 0 Å². The summed E-state index contributed by atoms with van der Waals surface area (Å²) in [5, 5.41) is 13.6. The molecule has 2 heteroatoms. The van der Waals surface area contributed by atoms with Gasteiger partial charge >= 0.3 is 0 Å². The highest BCUT2D eigenvalue weighted by Gasteiger charge is 2.62. The molecule has 0 spiro atoms. The lowest BCUT2D eigenvalue weighted by atomic mass is 9.46. The lowest BCUT2D eigenvalue weighted by molar-refractivity contribution is -0.0707. The molecule has 5 fully saturated rings. The smallest absolute Gasteiger partial charge is 0.0584 e. The Balaban J connectivity index is 0.964. The molecule has 12 unspecified atom stereocenters. The van der Waals surface area contributed by atoms with Gasteiger partial charge in [0.25, 0.3) is 0 Å². The predicted octanol–water partition coefficient (Wildman–Crippen LogP) is 11.0. The third-order valence-electron chi connectivity index (χ3n) is 15.4. The van der Waals surface area contributed by atoms with Crippen LogP contribution in [0.15, 0.2) is 48.2 Å². The summed E-state index contributed by atoms with van der Waals surface area (Å²) in [6.07, 6.45) is 27.0. The highest BCUT2D eigenvalue weighted by atomic mass is 16.3. The van der Waals surface area contributed by atoms with Crippen LogP contribution >= 0.6 is 0 Å². The fourth-order valence-corrected chi connectivity index (χ4v) is 13.1. The Labute approximate surface area is 278 Å². The number of hydrogen-bond donors (Lipinski definition) is 2. The Morgan fingerprint density at radius 2 is 1.82 bits per heavy atom. The Bertz CT molecular complexity index is 1160. The van der Waals surface area contributed by atoms with Gasteiger partial charge in [-0.25, -0.2) is 0 Å². The first-order chi connectivity index (χ1) is 21.4. The van der Waals surface area contributed by atoms with Crippen LogP contribution in [-0.4, -0.2) is 17.8 Å². The summed E-state index contributed by atoms with van der Waals surface area (Å²) >= 11 is 0. The zero-order valence-electron chi connectivity index (χ0n) is 30.2. The molecule has 0 saturated heterocycles. The van der Waals surface area contributed by atoms with Gasteiger partial charge in [0, 0.05) is 12.2 Å². The fraction of sp³-hybridized carbons (Fsp3) is 0.814. The van der Waals surface area contributed by atoms with Crippen LogP contribution < -0.4 is 5.32 Å². The summed E-state index contributed by atoms with van der Waals surface area (Å²) in [6.45, 7) is 24.5. The second kappa shape index (κ2) is 13.0. The number of fused-ring (bicyclic) bond motifs is 7. The molecular formula is C43H69NO. The topological polar surface area (TPSA) is 32.3 Å². The number of aliphatic hydroxyl groups is 1. The molecule has 12 atom stereocenters. The molecule has 6 aliphatic carbocycles. The van der Waals surface area contributed by atoms with Crippen molar-refractivity contribution in [3.05, 3.63) is 48.2 Å².